The maximum Gasteiger partial charge on any atom is 0.332 e. The molecule has 0 atom stereocenters. The van der Waals surface area contributed by atoms with E-state index in [0.29, 0.717) is 22.3 Å². The Bertz CT molecular complexity index is 1660. The Hall–Kier alpha value is -4.67. The van der Waals surface area contributed by atoms with Gasteiger partial charge in [0.1, 0.15) is 24.2 Å². The van der Waals surface area contributed by atoms with Crippen molar-refractivity contribution in [3.8, 4) is 0 Å². The molecule has 1 aliphatic carbocycles. The molecule has 196 valence electrons. The Balaban J connectivity index is 1.49. The molecule has 0 aliphatic heterocycles. The van der Waals surface area contributed by atoms with Crippen LogP contribution in [0, 0.1) is 0 Å². The van der Waals surface area contributed by atoms with Crippen molar-refractivity contribution in [2.24, 2.45) is 0 Å². The fourth-order valence-corrected chi connectivity index (χ4v) is 4.85. The first-order valence-corrected chi connectivity index (χ1v) is 12.4. The van der Waals surface area contributed by atoms with Crippen molar-refractivity contribution in [2.75, 3.05) is 10.6 Å². The van der Waals surface area contributed by atoms with E-state index in [4.69, 9.17) is 4.42 Å². The van der Waals surface area contributed by atoms with Crippen LogP contribution < -0.4 is 27.2 Å². The van der Waals surface area contributed by atoms with Gasteiger partial charge in [0.15, 0.2) is 0 Å². The third kappa shape index (κ3) is 5.08. The number of nitrogens with one attached hydrogen (secondary N) is 3. The van der Waals surface area contributed by atoms with Crippen LogP contribution in [0.3, 0.4) is 0 Å². The summed E-state index contributed by atoms with van der Waals surface area (Å²) in [5.74, 6) is -1.18. The molecular weight excluding hydrogens is 490 g/mol. The summed E-state index contributed by atoms with van der Waals surface area (Å²) >= 11 is 0. The zero-order chi connectivity index (χ0) is 26.8. The number of nitrogens with zero attached hydrogens (tertiary/aromatic N) is 2. The molecule has 1 fully saturated rings. The van der Waals surface area contributed by atoms with Gasteiger partial charge in [-0.15, -0.1) is 0 Å². The summed E-state index contributed by atoms with van der Waals surface area (Å²) in [5.41, 5.74) is -0.0169. The van der Waals surface area contributed by atoms with Crippen LogP contribution in [-0.4, -0.2) is 32.9 Å². The molecule has 3 amide bonds. The van der Waals surface area contributed by atoms with Gasteiger partial charge in [-0.3, -0.25) is 23.7 Å². The predicted molar refractivity (Wildman–Crippen MR) is 142 cm³/mol. The third-order valence-corrected chi connectivity index (χ3v) is 6.55. The molecule has 4 aromatic rings. The molecule has 2 aromatic heterocycles. The molecular formula is C27H27N5O6. The average molecular weight is 518 g/mol. The fraction of sp³-hybridized carbons (Fsp3) is 0.296. The molecule has 3 N–H and O–H groups in total. The molecule has 0 spiro atoms. The zero-order valence-electron chi connectivity index (χ0n) is 20.8. The minimum absolute atomic E-state index is 0.0261. The lowest BCUT2D eigenvalue weighted by molar-refractivity contribution is -0.122. The first kappa shape index (κ1) is 25.0. The summed E-state index contributed by atoms with van der Waals surface area (Å²) in [6.45, 7) is 0.496. The highest BCUT2D eigenvalue weighted by Crippen LogP contribution is 2.25. The van der Waals surface area contributed by atoms with Crippen LogP contribution in [0.5, 0.6) is 0 Å². The SMILES string of the molecule is CC(=O)Nc1ccc(NC(=O)Cn2c(=O)n(CC(=O)NC3CCCC3)c(=O)c3oc4ccccc4c32)cc1. The van der Waals surface area contributed by atoms with Gasteiger partial charge in [0.25, 0.3) is 5.56 Å². The maximum absolute atomic E-state index is 13.5. The van der Waals surface area contributed by atoms with Gasteiger partial charge >= 0.3 is 5.69 Å². The Morgan fingerprint density at radius 2 is 1.50 bits per heavy atom. The number of hydrogen-bond donors (Lipinski definition) is 3. The van der Waals surface area contributed by atoms with Crippen LogP contribution in [0.15, 0.2) is 62.5 Å². The minimum atomic E-state index is -0.785. The van der Waals surface area contributed by atoms with Gasteiger partial charge in [0.2, 0.25) is 23.3 Å². The number of fused-ring (bicyclic) bond motifs is 3. The molecule has 2 heterocycles. The number of benzene rings is 2. The van der Waals surface area contributed by atoms with E-state index in [-0.39, 0.29) is 23.0 Å². The molecule has 11 heteroatoms. The van der Waals surface area contributed by atoms with Crippen LogP contribution in [0.25, 0.3) is 22.1 Å². The van der Waals surface area contributed by atoms with Crippen molar-refractivity contribution in [3.05, 3.63) is 69.4 Å². The average Bonchev–Trinajstić information content (AvgIpc) is 3.53. The number of carbonyl (C=O) groups excluding carboxylic acids is 3. The minimum Gasteiger partial charge on any atom is -0.449 e. The normalized spacial score (nSPS) is 13.6. The van der Waals surface area contributed by atoms with Gasteiger partial charge in [-0.1, -0.05) is 25.0 Å². The zero-order valence-corrected chi connectivity index (χ0v) is 20.8. The van der Waals surface area contributed by atoms with Gasteiger partial charge in [0, 0.05) is 29.7 Å². The first-order valence-electron chi connectivity index (χ1n) is 12.4. The summed E-state index contributed by atoms with van der Waals surface area (Å²) in [4.78, 5) is 63.7. The monoisotopic (exact) mass is 517 g/mol. The summed E-state index contributed by atoms with van der Waals surface area (Å²) < 4.78 is 7.76. The van der Waals surface area contributed by atoms with Gasteiger partial charge in [-0.05, 0) is 49.2 Å². The fourth-order valence-electron chi connectivity index (χ4n) is 4.85. The summed E-state index contributed by atoms with van der Waals surface area (Å²) in [6, 6.07) is 13.4. The van der Waals surface area contributed by atoms with Crippen LogP contribution in [-0.2, 0) is 27.5 Å². The molecule has 11 nitrogen and oxygen atoms in total. The second kappa shape index (κ2) is 10.4. The van der Waals surface area contributed by atoms with E-state index in [2.05, 4.69) is 16.0 Å². The van der Waals surface area contributed by atoms with Crippen LogP contribution >= 0.6 is 0 Å². The summed E-state index contributed by atoms with van der Waals surface area (Å²) in [6.07, 6.45) is 3.76. The first-order chi connectivity index (χ1) is 18.3. The maximum atomic E-state index is 13.5. The number of hydrogen-bond acceptors (Lipinski definition) is 6. The van der Waals surface area contributed by atoms with Gasteiger partial charge in [-0.25, -0.2) is 9.36 Å². The highest BCUT2D eigenvalue weighted by Gasteiger charge is 2.24. The molecule has 2 aromatic carbocycles. The number of furan rings is 1. The standard InChI is InChI=1S/C27H27N5O6/c1-16(33)28-18-10-12-19(13-11-18)30-22(34)14-31-24-20-8-4-5-9-21(20)38-25(24)26(36)32(27(31)37)15-23(35)29-17-6-2-3-7-17/h4-5,8-13,17H,2-3,6-7,14-15H2,1H3,(H,28,33)(H,29,35)(H,30,34). The number of para-hydroxylation sites is 1. The van der Waals surface area contributed by atoms with Crippen LogP contribution in [0.1, 0.15) is 32.6 Å². The van der Waals surface area contributed by atoms with E-state index >= 15 is 0 Å². The largest absolute Gasteiger partial charge is 0.449 e. The van der Waals surface area contributed by atoms with E-state index in [0.717, 1.165) is 34.8 Å². The summed E-state index contributed by atoms with van der Waals surface area (Å²) in [7, 11) is 0. The number of carbonyl (C=O) groups is 3. The quantitative estimate of drug-likeness (QED) is 0.344. The van der Waals surface area contributed by atoms with E-state index in [1.54, 1.807) is 48.5 Å². The van der Waals surface area contributed by atoms with E-state index in [1.165, 1.54) is 6.92 Å². The van der Waals surface area contributed by atoms with Crippen molar-refractivity contribution in [1.29, 1.82) is 0 Å². The van der Waals surface area contributed by atoms with Crippen molar-refractivity contribution in [1.82, 2.24) is 14.5 Å². The Morgan fingerprint density at radius 1 is 0.868 bits per heavy atom. The van der Waals surface area contributed by atoms with Gasteiger partial charge in [-0.2, -0.15) is 0 Å². The topological polar surface area (TPSA) is 144 Å². The van der Waals surface area contributed by atoms with Gasteiger partial charge < -0.3 is 20.4 Å². The predicted octanol–water partition coefficient (Wildman–Crippen LogP) is 2.57. The van der Waals surface area contributed by atoms with Crippen LogP contribution in [0.4, 0.5) is 11.4 Å². The van der Waals surface area contributed by atoms with E-state index in [9.17, 15) is 24.0 Å². The van der Waals surface area contributed by atoms with E-state index < -0.39 is 36.2 Å². The summed E-state index contributed by atoms with van der Waals surface area (Å²) in [5, 5.41) is 8.75. The lowest BCUT2D eigenvalue weighted by Gasteiger charge is -2.14. The highest BCUT2D eigenvalue weighted by molar-refractivity contribution is 6.03. The van der Waals surface area contributed by atoms with Gasteiger partial charge in [0.05, 0.1) is 0 Å². The Morgan fingerprint density at radius 3 is 2.18 bits per heavy atom. The van der Waals surface area contributed by atoms with Crippen molar-refractivity contribution < 1.29 is 18.8 Å². The second-order valence-electron chi connectivity index (χ2n) is 9.39. The van der Waals surface area contributed by atoms with Crippen molar-refractivity contribution in [2.45, 2.75) is 51.7 Å². The smallest absolute Gasteiger partial charge is 0.332 e. The van der Waals surface area contributed by atoms with Crippen LogP contribution in [0.2, 0.25) is 0 Å². The van der Waals surface area contributed by atoms with Crippen molar-refractivity contribution >= 4 is 51.2 Å². The van der Waals surface area contributed by atoms with E-state index in [1.807, 2.05) is 0 Å². The number of aromatic nitrogens is 2. The molecule has 0 radical (unpaired) electrons. The molecule has 0 bridgehead atoms. The molecule has 0 saturated heterocycles. The second-order valence-corrected chi connectivity index (χ2v) is 9.39. The Labute approximate surface area is 216 Å². The number of amides is 3. The highest BCUT2D eigenvalue weighted by atomic mass is 16.3. The number of anilines is 2. The molecule has 0 unspecified atom stereocenters. The molecule has 1 saturated carbocycles. The molecule has 1 aliphatic rings. The molecule has 38 heavy (non-hydrogen) atoms. The lowest BCUT2D eigenvalue weighted by Crippen LogP contribution is -2.46. The Kier molecular flexibility index (Phi) is 6.82. The number of rotatable bonds is 7. The lowest BCUT2D eigenvalue weighted by atomic mass is 10.2. The third-order valence-electron chi connectivity index (χ3n) is 6.55. The molecule has 5 rings (SSSR count). The van der Waals surface area contributed by atoms with Crippen molar-refractivity contribution in [3.63, 3.8) is 0 Å².